The number of aromatic nitrogens is 2. The lowest BCUT2D eigenvalue weighted by atomic mass is 9.76. The molecule has 0 unspecified atom stereocenters. The molecule has 2 aliphatic rings. The minimum atomic E-state index is -0.396. The first-order chi connectivity index (χ1) is 15.5. The smallest absolute Gasteiger partial charge is 0.272 e. The van der Waals surface area contributed by atoms with Gasteiger partial charge in [0.15, 0.2) is 11.9 Å². The number of fused-ring (bicyclic) bond motifs is 1. The fourth-order valence-corrected chi connectivity index (χ4v) is 5.20. The normalized spacial score (nSPS) is 24.1. The van der Waals surface area contributed by atoms with Gasteiger partial charge < -0.3 is 15.0 Å². The van der Waals surface area contributed by atoms with E-state index in [1.54, 1.807) is 11.0 Å². The van der Waals surface area contributed by atoms with Crippen molar-refractivity contribution in [2.24, 2.45) is 5.41 Å². The SMILES string of the molecule is C[C@@]12CCC[C@]1(NC(=O)c1cc(-c3ccccc3Oc3ccccc3)[nH]n1)CN(C#N)C2. The number of ether oxygens (including phenoxy) is 1. The number of carbonyl (C=O) groups excluding carboxylic acids is 1. The molecule has 1 aliphatic heterocycles. The number of aromatic amines is 1. The van der Waals surface area contributed by atoms with Crippen molar-refractivity contribution in [1.82, 2.24) is 20.4 Å². The molecule has 32 heavy (non-hydrogen) atoms. The van der Waals surface area contributed by atoms with Crippen LogP contribution in [0, 0.1) is 16.9 Å². The predicted octanol–water partition coefficient (Wildman–Crippen LogP) is 4.32. The largest absolute Gasteiger partial charge is 0.457 e. The highest BCUT2D eigenvalue weighted by Gasteiger charge is 2.58. The van der Waals surface area contributed by atoms with Crippen molar-refractivity contribution >= 4 is 5.91 Å². The highest BCUT2D eigenvalue weighted by molar-refractivity contribution is 5.94. The summed E-state index contributed by atoms with van der Waals surface area (Å²) in [6.07, 6.45) is 5.18. The quantitative estimate of drug-likeness (QED) is 0.591. The summed E-state index contributed by atoms with van der Waals surface area (Å²) in [5.74, 6) is 1.19. The number of H-pyrrole nitrogens is 1. The van der Waals surface area contributed by atoms with Gasteiger partial charge in [-0.05, 0) is 43.2 Å². The molecule has 1 aromatic heterocycles. The minimum absolute atomic E-state index is 0.104. The Morgan fingerprint density at radius 3 is 2.75 bits per heavy atom. The second-order valence-electron chi connectivity index (χ2n) is 8.98. The molecule has 1 saturated carbocycles. The lowest BCUT2D eigenvalue weighted by Gasteiger charge is -2.36. The molecule has 0 spiro atoms. The summed E-state index contributed by atoms with van der Waals surface area (Å²) in [6, 6.07) is 19.0. The van der Waals surface area contributed by atoms with Gasteiger partial charge in [0, 0.05) is 17.5 Å². The van der Waals surface area contributed by atoms with Crippen molar-refractivity contribution in [2.45, 2.75) is 31.7 Å². The number of rotatable bonds is 5. The third kappa shape index (κ3) is 3.38. The lowest BCUT2D eigenvalue weighted by molar-refractivity contribution is 0.0844. The monoisotopic (exact) mass is 427 g/mol. The van der Waals surface area contributed by atoms with Gasteiger partial charge in [0.1, 0.15) is 11.5 Å². The number of hydrogen-bond donors (Lipinski definition) is 2. The summed E-state index contributed by atoms with van der Waals surface area (Å²) in [5.41, 5.74) is 1.36. The molecule has 1 aliphatic carbocycles. The number of nitrogens with zero attached hydrogens (tertiary/aromatic N) is 3. The molecule has 5 rings (SSSR count). The van der Waals surface area contributed by atoms with Gasteiger partial charge in [-0.3, -0.25) is 9.89 Å². The zero-order valence-corrected chi connectivity index (χ0v) is 18.0. The number of para-hydroxylation sites is 2. The van der Waals surface area contributed by atoms with E-state index in [-0.39, 0.29) is 11.3 Å². The third-order valence-corrected chi connectivity index (χ3v) is 6.94. The van der Waals surface area contributed by atoms with E-state index in [0.717, 1.165) is 30.6 Å². The number of likely N-dealkylation sites (tertiary alicyclic amines) is 1. The summed E-state index contributed by atoms with van der Waals surface area (Å²) in [7, 11) is 0. The Hall–Kier alpha value is -3.79. The molecule has 3 aromatic rings. The lowest BCUT2D eigenvalue weighted by Crippen LogP contribution is -2.56. The number of carbonyl (C=O) groups is 1. The zero-order chi connectivity index (χ0) is 22.2. The zero-order valence-electron chi connectivity index (χ0n) is 18.0. The first-order valence-electron chi connectivity index (χ1n) is 10.9. The second kappa shape index (κ2) is 7.72. The number of nitriles is 1. The summed E-state index contributed by atoms with van der Waals surface area (Å²) in [4.78, 5) is 14.9. The summed E-state index contributed by atoms with van der Waals surface area (Å²) >= 11 is 0. The van der Waals surface area contributed by atoms with Crippen LogP contribution in [0.5, 0.6) is 11.5 Å². The molecule has 0 bridgehead atoms. The fraction of sp³-hybridized carbons (Fsp3) is 0.320. The van der Waals surface area contributed by atoms with Crippen LogP contribution in [-0.4, -0.2) is 39.6 Å². The van der Waals surface area contributed by atoms with E-state index in [4.69, 9.17) is 4.74 Å². The molecule has 2 N–H and O–H groups in total. The van der Waals surface area contributed by atoms with Gasteiger partial charge in [-0.1, -0.05) is 43.7 Å². The molecule has 1 saturated heterocycles. The summed E-state index contributed by atoms with van der Waals surface area (Å²) in [6.45, 7) is 3.40. The number of amides is 1. The molecular formula is C25H25N5O2. The van der Waals surface area contributed by atoms with Crippen LogP contribution in [0.3, 0.4) is 0 Å². The van der Waals surface area contributed by atoms with Crippen LogP contribution in [0.15, 0.2) is 60.7 Å². The van der Waals surface area contributed by atoms with Gasteiger partial charge >= 0.3 is 0 Å². The maximum absolute atomic E-state index is 13.2. The Morgan fingerprint density at radius 2 is 1.94 bits per heavy atom. The molecular weight excluding hydrogens is 402 g/mol. The van der Waals surface area contributed by atoms with Gasteiger partial charge in [0.2, 0.25) is 0 Å². The van der Waals surface area contributed by atoms with Crippen molar-refractivity contribution in [3.8, 4) is 28.9 Å². The summed E-state index contributed by atoms with van der Waals surface area (Å²) < 4.78 is 6.05. The van der Waals surface area contributed by atoms with E-state index in [0.29, 0.717) is 30.2 Å². The van der Waals surface area contributed by atoms with E-state index in [1.165, 1.54) is 0 Å². The fourth-order valence-electron chi connectivity index (χ4n) is 5.20. The molecule has 1 amide bonds. The molecule has 2 atom stereocenters. The van der Waals surface area contributed by atoms with Gasteiger partial charge in [-0.2, -0.15) is 10.4 Å². The van der Waals surface area contributed by atoms with Crippen LogP contribution in [0.25, 0.3) is 11.3 Å². The molecule has 2 fully saturated rings. The van der Waals surface area contributed by atoms with Crippen LogP contribution < -0.4 is 10.1 Å². The standard InChI is InChI=1S/C25H25N5O2/c1-24-12-7-13-25(24,16-30(15-24)17-26)27-23(31)21-14-20(28-29-21)19-10-5-6-11-22(19)32-18-8-3-2-4-9-18/h2-6,8-11,14H,7,12-13,15-16H2,1H3,(H,27,31)(H,28,29)/t24-,25-/m0/s1. The molecule has 0 radical (unpaired) electrons. The van der Waals surface area contributed by atoms with Crippen molar-refractivity contribution in [1.29, 1.82) is 5.26 Å². The van der Waals surface area contributed by atoms with Crippen LogP contribution in [-0.2, 0) is 0 Å². The molecule has 7 heteroatoms. The minimum Gasteiger partial charge on any atom is -0.457 e. The molecule has 7 nitrogen and oxygen atoms in total. The van der Waals surface area contributed by atoms with E-state index in [1.807, 2.05) is 54.6 Å². The van der Waals surface area contributed by atoms with Gasteiger partial charge in [-0.25, -0.2) is 0 Å². The Labute approximate surface area is 187 Å². The van der Waals surface area contributed by atoms with E-state index in [2.05, 4.69) is 28.6 Å². The van der Waals surface area contributed by atoms with Crippen molar-refractivity contribution in [3.05, 3.63) is 66.4 Å². The van der Waals surface area contributed by atoms with Gasteiger partial charge in [0.25, 0.3) is 5.91 Å². The average Bonchev–Trinajstić information content (AvgIpc) is 3.46. The van der Waals surface area contributed by atoms with Crippen LogP contribution >= 0.6 is 0 Å². The predicted molar refractivity (Wildman–Crippen MR) is 120 cm³/mol. The van der Waals surface area contributed by atoms with Crippen LogP contribution in [0.4, 0.5) is 0 Å². The van der Waals surface area contributed by atoms with Crippen molar-refractivity contribution in [3.63, 3.8) is 0 Å². The van der Waals surface area contributed by atoms with E-state index < -0.39 is 5.54 Å². The Bertz CT molecular complexity index is 1180. The Kier molecular flexibility index (Phi) is 4.86. The van der Waals surface area contributed by atoms with Crippen LogP contribution in [0.1, 0.15) is 36.7 Å². The number of hydrogen-bond acceptors (Lipinski definition) is 5. The Balaban J connectivity index is 1.38. The first kappa shape index (κ1) is 20.1. The molecule has 2 heterocycles. The third-order valence-electron chi connectivity index (χ3n) is 6.94. The number of nitrogens with one attached hydrogen (secondary N) is 2. The van der Waals surface area contributed by atoms with Gasteiger partial charge in [0.05, 0.1) is 17.8 Å². The van der Waals surface area contributed by atoms with Crippen molar-refractivity contribution in [2.75, 3.05) is 13.1 Å². The highest BCUT2D eigenvalue weighted by atomic mass is 16.5. The molecule has 2 aromatic carbocycles. The average molecular weight is 428 g/mol. The Morgan fingerprint density at radius 1 is 1.16 bits per heavy atom. The topological polar surface area (TPSA) is 94.0 Å². The van der Waals surface area contributed by atoms with E-state index >= 15 is 0 Å². The van der Waals surface area contributed by atoms with Crippen molar-refractivity contribution < 1.29 is 9.53 Å². The second-order valence-corrected chi connectivity index (χ2v) is 8.98. The summed E-state index contributed by atoms with van der Waals surface area (Å²) in [5, 5.41) is 19.9. The first-order valence-corrected chi connectivity index (χ1v) is 10.9. The molecule has 162 valence electrons. The van der Waals surface area contributed by atoms with Crippen LogP contribution in [0.2, 0.25) is 0 Å². The van der Waals surface area contributed by atoms with Gasteiger partial charge in [-0.15, -0.1) is 0 Å². The maximum atomic E-state index is 13.2. The highest BCUT2D eigenvalue weighted by Crippen LogP contribution is 2.51. The number of benzene rings is 2. The van der Waals surface area contributed by atoms with E-state index in [9.17, 15) is 10.1 Å². The maximum Gasteiger partial charge on any atom is 0.272 e.